The van der Waals surface area contributed by atoms with Crippen molar-refractivity contribution < 1.29 is 9.84 Å². The van der Waals surface area contributed by atoms with E-state index in [0.717, 1.165) is 26.2 Å². The zero-order valence-corrected chi connectivity index (χ0v) is 9.33. The number of aliphatic hydroxyl groups is 1. The van der Waals surface area contributed by atoms with Gasteiger partial charge in [0, 0.05) is 19.1 Å². The molecule has 3 nitrogen and oxygen atoms in total. The van der Waals surface area contributed by atoms with Crippen LogP contribution in [0.25, 0.3) is 0 Å². The molecule has 0 radical (unpaired) electrons. The van der Waals surface area contributed by atoms with Crippen molar-refractivity contribution >= 4 is 0 Å². The van der Waals surface area contributed by atoms with Gasteiger partial charge >= 0.3 is 0 Å². The molecule has 1 heterocycles. The fraction of sp³-hybridized carbons (Fsp3) is 1.00. The summed E-state index contributed by atoms with van der Waals surface area (Å²) in [5, 5.41) is 13.1. The molecule has 14 heavy (non-hydrogen) atoms. The predicted octanol–water partition coefficient (Wildman–Crippen LogP) is 1.02. The van der Waals surface area contributed by atoms with Crippen LogP contribution >= 0.6 is 0 Å². The Hall–Kier alpha value is -0.120. The van der Waals surface area contributed by atoms with Crippen LogP contribution in [0.3, 0.4) is 0 Å². The quantitative estimate of drug-likeness (QED) is 0.674. The molecule has 0 aromatic rings. The highest BCUT2D eigenvalue weighted by atomic mass is 16.5. The molecule has 1 fully saturated rings. The van der Waals surface area contributed by atoms with Gasteiger partial charge in [-0.1, -0.05) is 20.3 Å². The Bertz CT molecular complexity index is 146. The van der Waals surface area contributed by atoms with Crippen LogP contribution in [0, 0.1) is 11.8 Å². The first-order valence-electron chi connectivity index (χ1n) is 5.70. The van der Waals surface area contributed by atoms with Crippen molar-refractivity contribution in [3.8, 4) is 0 Å². The van der Waals surface area contributed by atoms with E-state index < -0.39 is 0 Å². The van der Waals surface area contributed by atoms with E-state index in [-0.39, 0.29) is 6.10 Å². The smallest absolute Gasteiger partial charge is 0.0715 e. The lowest BCUT2D eigenvalue weighted by molar-refractivity contribution is 0.0902. The molecule has 3 unspecified atom stereocenters. The third-order valence-electron chi connectivity index (χ3n) is 3.05. The standard InChI is InChI=1S/C11H23NO2/c1-3-9(2)6-12-7-11(13)10-4-5-14-8-10/h9-13H,3-8H2,1-2H3. The van der Waals surface area contributed by atoms with E-state index in [1.165, 1.54) is 6.42 Å². The molecule has 0 amide bonds. The molecule has 0 saturated carbocycles. The summed E-state index contributed by atoms with van der Waals surface area (Å²) < 4.78 is 5.24. The van der Waals surface area contributed by atoms with Gasteiger partial charge in [-0.15, -0.1) is 0 Å². The number of nitrogens with one attached hydrogen (secondary N) is 1. The molecule has 0 aliphatic carbocycles. The van der Waals surface area contributed by atoms with Crippen molar-refractivity contribution in [1.82, 2.24) is 5.32 Å². The van der Waals surface area contributed by atoms with E-state index in [2.05, 4.69) is 19.2 Å². The number of hydrogen-bond acceptors (Lipinski definition) is 3. The van der Waals surface area contributed by atoms with E-state index in [1.807, 2.05) is 0 Å². The lowest BCUT2D eigenvalue weighted by atomic mass is 10.0. The Labute approximate surface area is 86.8 Å². The largest absolute Gasteiger partial charge is 0.391 e. The second-order valence-corrected chi connectivity index (χ2v) is 4.36. The van der Waals surface area contributed by atoms with Gasteiger partial charge in [0.15, 0.2) is 0 Å². The molecule has 0 aromatic heterocycles. The maximum atomic E-state index is 9.79. The molecule has 3 atom stereocenters. The highest BCUT2D eigenvalue weighted by molar-refractivity contribution is 4.74. The molecule has 1 aliphatic rings. The lowest BCUT2D eigenvalue weighted by Gasteiger charge is -2.18. The maximum Gasteiger partial charge on any atom is 0.0715 e. The Morgan fingerprint density at radius 3 is 2.86 bits per heavy atom. The minimum absolute atomic E-state index is 0.235. The van der Waals surface area contributed by atoms with Crippen molar-refractivity contribution in [2.24, 2.45) is 11.8 Å². The molecule has 2 N–H and O–H groups in total. The summed E-state index contributed by atoms with van der Waals surface area (Å²) in [4.78, 5) is 0. The molecule has 1 saturated heterocycles. The van der Waals surface area contributed by atoms with E-state index in [0.29, 0.717) is 18.4 Å². The molecule has 0 aromatic carbocycles. The zero-order valence-electron chi connectivity index (χ0n) is 9.33. The van der Waals surface area contributed by atoms with Crippen LogP contribution in [0.1, 0.15) is 26.7 Å². The predicted molar refractivity (Wildman–Crippen MR) is 57.3 cm³/mol. The van der Waals surface area contributed by atoms with Crippen LogP contribution in [0.4, 0.5) is 0 Å². The molecular weight excluding hydrogens is 178 g/mol. The van der Waals surface area contributed by atoms with Gasteiger partial charge in [-0.3, -0.25) is 0 Å². The zero-order chi connectivity index (χ0) is 10.4. The van der Waals surface area contributed by atoms with Gasteiger partial charge in [0.05, 0.1) is 12.7 Å². The number of rotatable bonds is 6. The van der Waals surface area contributed by atoms with E-state index in [9.17, 15) is 5.11 Å². The normalized spacial score (nSPS) is 26.4. The monoisotopic (exact) mass is 201 g/mol. The number of ether oxygens (including phenoxy) is 1. The number of hydrogen-bond donors (Lipinski definition) is 2. The summed E-state index contributed by atoms with van der Waals surface area (Å²) in [6.07, 6.45) is 1.96. The topological polar surface area (TPSA) is 41.5 Å². The highest BCUT2D eigenvalue weighted by Gasteiger charge is 2.23. The van der Waals surface area contributed by atoms with Gasteiger partial charge in [0.2, 0.25) is 0 Å². The van der Waals surface area contributed by atoms with Crippen LogP contribution in [0.5, 0.6) is 0 Å². The van der Waals surface area contributed by atoms with Gasteiger partial charge in [0.25, 0.3) is 0 Å². The third kappa shape index (κ3) is 3.95. The maximum absolute atomic E-state index is 9.79. The average Bonchev–Trinajstić information content (AvgIpc) is 2.70. The fourth-order valence-corrected chi connectivity index (χ4v) is 1.64. The lowest BCUT2D eigenvalue weighted by Crippen LogP contribution is -2.35. The van der Waals surface area contributed by atoms with Crippen molar-refractivity contribution in [2.45, 2.75) is 32.8 Å². The Kier molecular flexibility index (Phi) is 5.45. The van der Waals surface area contributed by atoms with Crippen molar-refractivity contribution in [2.75, 3.05) is 26.3 Å². The summed E-state index contributed by atoms with van der Waals surface area (Å²) in [6.45, 7) is 7.66. The Morgan fingerprint density at radius 1 is 1.50 bits per heavy atom. The summed E-state index contributed by atoms with van der Waals surface area (Å²) >= 11 is 0. The fourth-order valence-electron chi connectivity index (χ4n) is 1.64. The van der Waals surface area contributed by atoms with Gasteiger partial charge in [0.1, 0.15) is 0 Å². The van der Waals surface area contributed by atoms with Crippen LogP contribution in [0.15, 0.2) is 0 Å². The molecular formula is C11H23NO2. The first-order valence-corrected chi connectivity index (χ1v) is 5.70. The van der Waals surface area contributed by atoms with Gasteiger partial charge in [-0.05, 0) is 18.9 Å². The Balaban J connectivity index is 2.05. The van der Waals surface area contributed by atoms with Crippen molar-refractivity contribution in [3.05, 3.63) is 0 Å². The van der Waals surface area contributed by atoms with Crippen LogP contribution in [0.2, 0.25) is 0 Å². The first-order chi connectivity index (χ1) is 6.74. The summed E-state index contributed by atoms with van der Waals surface area (Å²) in [6, 6.07) is 0. The molecule has 84 valence electrons. The second-order valence-electron chi connectivity index (χ2n) is 4.36. The van der Waals surface area contributed by atoms with Crippen LogP contribution in [-0.2, 0) is 4.74 Å². The van der Waals surface area contributed by atoms with Crippen molar-refractivity contribution in [1.29, 1.82) is 0 Å². The third-order valence-corrected chi connectivity index (χ3v) is 3.05. The minimum atomic E-state index is -0.235. The molecule has 1 rings (SSSR count). The second kappa shape index (κ2) is 6.38. The summed E-state index contributed by atoms with van der Waals surface area (Å²) in [7, 11) is 0. The summed E-state index contributed by atoms with van der Waals surface area (Å²) in [5.74, 6) is 1.04. The van der Waals surface area contributed by atoms with E-state index >= 15 is 0 Å². The van der Waals surface area contributed by atoms with E-state index in [1.54, 1.807) is 0 Å². The van der Waals surface area contributed by atoms with E-state index in [4.69, 9.17) is 4.74 Å². The molecule has 3 heteroatoms. The van der Waals surface area contributed by atoms with Crippen LogP contribution < -0.4 is 5.32 Å². The Morgan fingerprint density at radius 2 is 2.29 bits per heavy atom. The minimum Gasteiger partial charge on any atom is -0.391 e. The van der Waals surface area contributed by atoms with Gasteiger partial charge in [-0.2, -0.15) is 0 Å². The molecule has 1 aliphatic heterocycles. The molecule has 0 bridgehead atoms. The highest BCUT2D eigenvalue weighted by Crippen LogP contribution is 2.16. The summed E-state index contributed by atoms with van der Waals surface area (Å²) in [5.41, 5.74) is 0. The average molecular weight is 201 g/mol. The van der Waals surface area contributed by atoms with Crippen LogP contribution in [-0.4, -0.2) is 37.5 Å². The van der Waals surface area contributed by atoms with Gasteiger partial charge in [-0.25, -0.2) is 0 Å². The van der Waals surface area contributed by atoms with Crippen molar-refractivity contribution in [3.63, 3.8) is 0 Å². The first kappa shape index (κ1) is 12.0. The number of aliphatic hydroxyl groups excluding tert-OH is 1. The molecule has 0 spiro atoms. The van der Waals surface area contributed by atoms with Gasteiger partial charge < -0.3 is 15.2 Å². The SMILES string of the molecule is CCC(C)CNCC(O)C1CCOC1.